The maximum Gasteiger partial charge on any atom is 0.269 e. The molecule has 0 aliphatic rings. The van der Waals surface area contributed by atoms with Gasteiger partial charge in [0.2, 0.25) is 10.0 Å². The number of rotatable bonds is 7. The van der Waals surface area contributed by atoms with E-state index in [-0.39, 0.29) is 16.6 Å². The number of nitro benzene ring substituents is 1. The summed E-state index contributed by atoms with van der Waals surface area (Å²) in [4.78, 5) is 12.3. The predicted molar refractivity (Wildman–Crippen MR) is 102 cm³/mol. The molecule has 2 aromatic carbocycles. The van der Waals surface area contributed by atoms with Gasteiger partial charge in [-0.1, -0.05) is 12.1 Å². The summed E-state index contributed by atoms with van der Waals surface area (Å²) in [6, 6.07) is 11.3. The van der Waals surface area contributed by atoms with E-state index in [9.17, 15) is 18.5 Å². The average Bonchev–Trinajstić information content (AvgIpc) is 2.54. The van der Waals surface area contributed by atoms with Gasteiger partial charge in [0, 0.05) is 38.0 Å². The Labute approximate surface area is 153 Å². The molecule has 0 aromatic heterocycles. The van der Waals surface area contributed by atoms with Crippen LogP contribution in [0, 0.1) is 17.0 Å². The van der Waals surface area contributed by atoms with Crippen LogP contribution in [0.15, 0.2) is 47.4 Å². The second-order valence-corrected chi connectivity index (χ2v) is 8.18. The van der Waals surface area contributed by atoms with Crippen LogP contribution in [-0.4, -0.2) is 33.5 Å². The van der Waals surface area contributed by atoms with Crippen molar-refractivity contribution in [3.8, 4) is 0 Å². The van der Waals surface area contributed by atoms with Crippen molar-refractivity contribution in [1.82, 2.24) is 4.72 Å². The summed E-state index contributed by atoms with van der Waals surface area (Å²) in [5.41, 5.74) is 2.31. The van der Waals surface area contributed by atoms with Crippen LogP contribution in [-0.2, 0) is 16.4 Å². The van der Waals surface area contributed by atoms with Crippen molar-refractivity contribution in [2.45, 2.75) is 31.2 Å². The number of aryl methyl sites for hydroxylation is 1. The van der Waals surface area contributed by atoms with E-state index < -0.39 is 14.9 Å². The van der Waals surface area contributed by atoms with Crippen LogP contribution in [0.3, 0.4) is 0 Å². The summed E-state index contributed by atoms with van der Waals surface area (Å²) in [6.07, 6.45) is 0.541. The third-order valence-corrected chi connectivity index (χ3v) is 5.76. The first-order valence-corrected chi connectivity index (χ1v) is 9.62. The number of nitrogens with one attached hydrogen (secondary N) is 1. The quantitative estimate of drug-likeness (QED) is 0.592. The number of benzene rings is 2. The maximum absolute atomic E-state index is 12.6. The molecule has 0 aliphatic heterocycles. The Morgan fingerprint density at radius 1 is 1.15 bits per heavy atom. The molecule has 1 N–H and O–H groups in total. The van der Waals surface area contributed by atoms with Crippen LogP contribution in [0.4, 0.5) is 11.4 Å². The first-order valence-electron chi connectivity index (χ1n) is 8.14. The zero-order valence-corrected chi connectivity index (χ0v) is 16.1. The molecule has 0 bridgehead atoms. The van der Waals surface area contributed by atoms with E-state index >= 15 is 0 Å². The summed E-state index contributed by atoms with van der Waals surface area (Å²) in [5.74, 6) is 0. The molecule has 2 rings (SSSR count). The lowest BCUT2D eigenvalue weighted by Crippen LogP contribution is -2.34. The minimum absolute atomic E-state index is 0.0536. The molecule has 0 amide bonds. The third kappa shape index (κ3) is 4.80. The molecule has 0 saturated heterocycles. The van der Waals surface area contributed by atoms with Crippen LogP contribution in [0.5, 0.6) is 0 Å². The van der Waals surface area contributed by atoms with Gasteiger partial charge < -0.3 is 4.90 Å². The molecule has 0 fully saturated rings. The SMILES string of the molecule is Cc1cc([N+](=O)[O-])ccc1S(=O)(=O)NC(C)Cc1ccc(N(C)C)cc1. The van der Waals surface area contributed by atoms with Gasteiger partial charge in [-0.25, -0.2) is 13.1 Å². The van der Waals surface area contributed by atoms with Crippen LogP contribution < -0.4 is 9.62 Å². The zero-order valence-electron chi connectivity index (χ0n) is 15.3. The molecule has 0 heterocycles. The standard InChI is InChI=1S/C18H23N3O4S/c1-13-11-17(21(22)23)9-10-18(13)26(24,25)19-14(2)12-15-5-7-16(8-6-15)20(3)4/h5-11,14,19H,12H2,1-4H3. The van der Waals surface area contributed by atoms with Crippen LogP contribution in [0.25, 0.3) is 0 Å². The minimum atomic E-state index is -3.76. The zero-order chi connectivity index (χ0) is 19.5. The fraction of sp³-hybridized carbons (Fsp3) is 0.333. The number of sulfonamides is 1. The molecule has 8 heteroatoms. The molecule has 26 heavy (non-hydrogen) atoms. The van der Waals surface area contributed by atoms with Gasteiger partial charge in [-0.2, -0.15) is 0 Å². The van der Waals surface area contributed by atoms with Crippen LogP contribution in [0.1, 0.15) is 18.1 Å². The van der Waals surface area contributed by atoms with E-state index in [4.69, 9.17) is 0 Å². The Hall–Kier alpha value is -2.45. The second kappa shape index (κ2) is 7.84. The molecular formula is C18H23N3O4S. The van der Waals surface area contributed by atoms with Crippen molar-refractivity contribution in [2.24, 2.45) is 0 Å². The molecule has 0 aliphatic carbocycles. The molecular weight excluding hydrogens is 354 g/mol. The Kier molecular flexibility index (Phi) is 5.99. The predicted octanol–water partition coefficient (Wildman–Crippen LogP) is 2.88. The number of hydrogen-bond donors (Lipinski definition) is 1. The van der Waals surface area contributed by atoms with E-state index in [0.717, 1.165) is 11.3 Å². The van der Waals surface area contributed by atoms with Gasteiger partial charge in [0.25, 0.3) is 5.69 Å². The van der Waals surface area contributed by atoms with Crippen molar-refractivity contribution >= 4 is 21.4 Å². The van der Waals surface area contributed by atoms with Crippen molar-refractivity contribution < 1.29 is 13.3 Å². The summed E-state index contributed by atoms with van der Waals surface area (Å²) in [5, 5.41) is 10.8. The van der Waals surface area contributed by atoms with Gasteiger partial charge in [-0.15, -0.1) is 0 Å². The normalized spacial score (nSPS) is 12.6. The summed E-state index contributed by atoms with van der Waals surface area (Å²) < 4.78 is 27.8. The Morgan fingerprint density at radius 2 is 1.77 bits per heavy atom. The van der Waals surface area contributed by atoms with Gasteiger partial charge in [0.1, 0.15) is 0 Å². The monoisotopic (exact) mass is 377 g/mol. The van der Waals surface area contributed by atoms with Gasteiger partial charge in [0.05, 0.1) is 9.82 Å². The lowest BCUT2D eigenvalue weighted by molar-refractivity contribution is -0.385. The molecule has 1 atom stereocenters. The second-order valence-electron chi connectivity index (χ2n) is 6.49. The molecule has 7 nitrogen and oxygen atoms in total. The van der Waals surface area contributed by atoms with E-state index in [1.54, 1.807) is 13.8 Å². The average molecular weight is 377 g/mol. The highest BCUT2D eigenvalue weighted by Gasteiger charge is 2.21. The number of nitrogens with zero attached hydrogens (tertiary/aromatic N) is 2. The van der Waals surface area contributed by atoms with E-state index in [2.05, 4.69) is 4.72 Å². The number of anilines is 1. The highest BCUT2D eigenvalue weighted by atomic mass is 32.2. The third-order valence-electron chi connectivity index (χ3n) is 4.01. The fourth-order valence-corrected chi connectivity index (χ4v) is 4.17. The maximum atomic E-state index is 12.6. The highest BCUT2D eigenvalue weighted by molar-refractivity contribution is 7.89. The first kappa shape index (κ1) is 19.9. The van der Waals surface area contributed by atoms with Crippen LogP contribution >= 0.6 is 0 Å². The topological polar surface area (TPSA) is 92.5 Å². The van der Waals surface area contributed by atoms with Crippen molar-refractivity contribution in [3.05, 3.63) is 63.7 Å². The van der Waals surface area contributed by atoms with Crippen molar-refractivity contribution in [3.63, 3.8) is 0 Å². The Bertz CT molecular complexity index is 893. The molecule has 2 aromatic rings. The van der Waals surface area contributed by atoms with Crippen LogP contribution in [0.2, 0.25) is 0 Å². The first-order chi connectivity index (χ1) is 12.1. The highest BCUT2D eigenvalue weighted by Crippen LogP contribution is 2.21. The number of non-ortho nitro benzene ring substituents is 1. The van der Waals surface area contributed by atoms with E-state index in [0.29, 0.717) is 12.0 Å². The lowest BCUT2D eigenvalue weighted by atomic mass is 10.1. The lowest BCUT2D eigenvalue weighted by Gasteiger charge is -2.17. The van der Waals surface area contributed by atoms with Gasteiger partial charge in [0.15, 0.2) is 0 Å². The number of nitro groups is 1. The fourth-order valence-electron chi connectivity index (χ4n) is 2.70. The Balaban J connectivity index is 2.12. The minimum Gasteiger partial charge on any atom is -0.378 e. The van der Waals surface area contributed by atoms with Gasteiger partial charge in [-0.05, 0) is 49.6 Å². The molecule has 1 unspecified atom stereocenters. The van der Waals surface area contributed by atoms with E-state index in [1.165, 1.54) is 18.2 Å². The van der Waals surface area contributed by atoms with Crippen molar-refractivity contribution in [2.75, 3.05) is 19.0 Å². The largest absolute Gasteiger partial charge is 0.378 e. The molecule has 0 saturated carbocycles. The smallest absolute Gasteiger partial charge is 0.269 e. The summed E-state index contributed by atoms with van der Waals surface area (Å²) in [7, 11) is 0.158. The van der Waals surface area contributed by atoms with Gasteiger partial charge >= 0.3 is 0 Å². The number of hydrogen-bond acceptors (Lipinski definition) is 5. The molecule has 0 radical (unpaired) electrons. The summed E-state index contributed by atoms with van der Waals surface area (Å²) >= 11 is 0. The van der Waals surface area contributed by atoms with Gasteiger partial charge in [-0.3, -0.25) is 10.1 Å². The summed E-state index contributed by atoms with van der Waals surface area (Å²) in [6.45, 7) is 3.34. The molecule has 0 spiro atoms. The Morgan fingerprint density at radius 3 is 2.27 bits per heavy atom. The van der Waals surface area contributed by atoms with E-state index in [1.807, 2.05) is 43.3 Å². The molecule has 140 valence electrons. The van der Waals surface area contributed by atoms with Crippen molar-refractivity contribution in [1.29, 1.82) is 0 Å².